The molecule has 3 aromatic rings. The van der Waals surface area contributed by atoms with Crippen LogP contribution in [0.25, 0.3) is 0 Å². The van der Waals surface area contributed by atoms with E-state index >= 15 is 0 Å². The van der Waals surface area contributed by atoms with Crippen LogP contribution in [0.1, 0.15) is 52.8 Å². The molecule has 3 aliphatic rings. The maximum absolute atomic E-state index is 14.0. The molecule has 4 atom stereocenters. The first-order valence-electron chi connectivity index (χ1n) is 15.9. The fourth-order valence-corrected chi connectivity index (χ4v) is 7.58. The Hall–Kier alpha value is -3.95. The topological polar surface area (TPSA) is 86.3 Å². The molecule has 0 N–H and O–H groups in total. The Kier molecular flexibility index (Phi) is 9.31. The zero-order valence-corrected chi connectivity index (χ0v) is 26.9. The molecule has 0 bridgehead atoms. The van der Waals surface area contributed by atoms with Gasteiger partial charge in [0.1, 0.15) is 5.54 Å². The lowest BCUT2D eigenvalue weighted by Crippen LogP contribution is -2.49. The van der Waals surface area contributed by atoms with E-state index in [0.717, 1.165) is 16.9 Å². The molecule has 1 saturated carbocycles. The van der Waals surface area contributed by atoms with Gasteiger partial charge in [0.05, 0.1) is 43.0 Å². The van der Waals surface area contributed by atoms with Crippen molar-refractivity contribution in [1.29, 1.82) is 5.26 Å². The Balaban J connectivity index is 1.35. The van der Waals surface area contributed by atoms with E-state index in [-0.39, 0.29) is 29.4 Å². The van der Waals surface area contributed by atoms with E-state index in [1.54, 1.807) is 0 Å². The van der Waals surface area contributed by atoms with Gasteiger partial charge in [0, 0.05) is 57.1 Å². The molecule has 1 unspecified atom stereocenters. The number of tetrazole rings is 1. The molecule has 18 heteroatoms. The normalized spacial score (nSPS) is 23.8. The highest BCUT2D eigenvalue weighted by atomic mass is 19.4. The van der Waals surface area contributed by atoms with E-state index in [2.05, 4.69) is 31.3 Å². The molecule has 0 radical (unpaired) electrons. The van der Waals surface area contributed by atoms with Crippen molar-refractivity contribution in [3.05, 3.63) is 69.8 Å². The lowest BCUT2D eigenvalue weighted by molar-refractivity contribution is -0.143. The monoisotopic (exact) mass is 716 g/mol. The van der Waals surface area contributed by atoms with Crippen molar-refractivity contribution in [3.8, 4) is 6.07 Å². The van der Waals surface area contributed by atoms with Crippen LogP contribution >= 0.6 is 0 Å². The summed E-state index contributed by atoms with van der Waals surface area (Å²) in [4.78, 5) is 6.50. The molecule has 9 nitrogen and oxygen atoms in total. The molecular weight excluding hydrogens is 683 g/mol. The van der Waals surface area contributed by atoms with Gasteiger partial charge in [-0.15, -0.1) is 5.10 Å². The number of piperidine rings is 1. The minimum Gasteiger partial charge on any atom is -0.379 e. The first kappa shape index (κ1) is 35.9. The highest BCUT2D eigenvalue weighted by Crippen LogP contribution is 2.60. The van der Waals surface area contributed by atoms with Gasteiger partial charge in [-0.3, -0.25) is 9.80 Å². The number of alkyl halides is 9. The van der Waals surface area contributed by atoms with Crippen molar-refractivity contribution in [2.75, 3.05) is 44.3 Å². The summed E-state index contributed by atoms with van der Waals surface area (Å²) in [5.41, 5.74) is -4.42. The maximum atomic E-state index is 14.0. The molecule has 3 heterocycles. The number of aryl methyl sites for hydroxylation is 1. The largest absolute Gasteiger partial charge is 0.416 e. The van der Waals surface area contributed by atoms with Gasteiger partial charge in [-0.2, -0.15) is 49.6 Å². The molecule has 3 fully saturated rings. The van der Waals surface area contributed by atoms with Crippen LogP contribution in [0, 0.1) is 23.2 Å². The fourth-order valence-electron chi connectivity index (χ4n) is 7.58. The standard InChI is InChI=1S/C32H33F9N8O/c1-3-27(47-16-25-26(17-47)29(25,18-42)49-6-8-50-9-7-49)24-5-4-21(30(33,34)35)12-20(24)15-48(28-43-45-46(2)44-28)14-19-10-22(31(36,37)38)13-23(11-19)32(39,40)41/h4-5,10-13,25-27H,3,6-9,14-17H2,1-2H3/t25-,26+,27?,29+. The smallest absolute Gasteiger partial charge is 0.379 e. The predicted molar refractivity (Wildman–Crippen MR) is 159 cm³/mol. The first-order valence-corrected chi connectivity index (χ1v) is 15.9. The lowest BCUT2D eigenvalue weighted by atomic mass is 9.93. The molecule has 270 valence electrons. The number of likely N-dealkylation sites (tertiary alicyclic amines) is 1. The number of nitrogens with zero attached hydrogens (tertiary/aromatic N) is 8. The van der Waals surface area contributed by atoms with Crippen molar-refractivity contribution in [2.24, 2.45) is 18.9 Å². The number of anilines is 1. The molecule has 2 aliphatic heterocycles. The molecule has 2 saturated heterocycles. The van der Waals surface area contributed by atoms with Gasteiger partial charge < -0.3 is 9.64 Å². The molecule has 2 aromatic carbocycles. The van der Waals surface area contributed by atoms with Gasteiger partial charge in [-0.25, -0.2) is 0 Å². The van der Waals surface area contributed by atoms with E-state index < -0.39 is 65.5 Å². The average molecular weight is 717 g/mol. The van der Waals surface area contributed by atoms with Crippen LogP contribution in [0.2, 0.25) is 0 Å². The summed E-state index contributed by atoms with van der Waals surface area (Å²) in [6.07, 6.45) is -14.5. The van der Waals surface area contributed by atoms with Crippen molar-refractivity contribution in [2.45, 2.75) is 56.5 Å². The van der Waals surface area contributed by atoms with Crippen LogP contribution in [0.15, 0.2) is 36.4 Å². The van der Waals surface area contributed by atoms with Crippen molar-refractivity contribution in [3.63, 3.8) is 0 Å². The maximum Gasteiger partial charge on any atom is 0.416 e. The number of fused-ring (bicyclic) bond motifs is 1. The summed E-state index contributed by atoms with van der Waals surface area (Å²) in [5, 5.41) is 21.9. The first-order chi connectivity index (χ1) is 23.5. The Labute approximate surface area is 281 Å². The van der Waals surface area contributed by atoms with E-state index in [4.69, 9.17) is 4.74 Å². The Bertz CT molecular complexity index is 1700. The van der Waals surface area contributed by atoms with Crippen LogP contribution < -0.4 is 4.90 Å². The average Bonchev–Trinajstić information content (AvgIpc) is 3.33. The van der Waals surface area contributed by atoms with Crippen LogP contribution in [0.5, 0.6) is 0 Å². The quantitative estimate of drug-likeness (QED) is 0.247. The van der Waals surface area contributed by atoms with E-state index in [1.807, 2.05) is 6.92 Å². The van der Waals surface area contributed by atoms with E-state index in [9.17, 15) is 44.8 Å². The number of nitriles is 1. The predicted octanol–water partition coefficient (Wildman–Crippen LogP) is 6.08. The summed E-state index contributed by atoms with van der Waals surface area (Å²) in [7, 11) is 1.39. The number of halogens is 9. The molecule has 50 heavy (non-hydrogen) atoms. The van der Waals surface area contributed by atoms with Gasteiger partial charge in [0.15, 0.2) is 0 Å². The third-order valence-electron chi connectivity index (χ3n) is 9.90. The second-order valence-electron chi connectivity index (χ2n) is 12.9. The minimum atomic E-state index is -5.10. The van der Waals surface area contributed by atoms with Crippen LogP contribution in [-0.4, -0.2) is 74.9 Å². The lowest BCUT2D eigenvalue weighted by Gasteiger charge is -2.37. The highest BCUT2D eigenvalue weighted by molar-refractivity contribution is 5.43. The van der Waals surface area contributed by atoms with Crippen molar-refractivity contribution in [1.82, 2.24) is 30.0 Å². The third-order valence-corrected chi connectivity index (χ3v) is 9.90. The molecule has 0 spiro atoms. The van der Waals surface area contributed by atoms with Gasteiger partial charge in [0.25, 0.3) is 5.95 Å². The van der Waals surface area contributed by atoms with E-state index in [0.29, 0.717) is 63.5 Å². The van der Waals surface area contributed by atoms with E-state index in [1.165, 1.54) is 18.0 Å². The van der Waals surface area contributed by atoms with Gasteiger partial charge in [-0.05, 0) is 58.7 Å². The number of ether oxygens (including phenoxy) is 1. The summed E-state index contributed by atoms with van der Waals surface area (Å²) in [6, 6.07) is 6.52. The second kappa shape index (κ2) is 13.0. The molecule has 1 aromatic heterocycles. The Morgan fingerprint density at radius 3 is 2.00 bits per heavy atom. The zero-order valence-electron chi connectivity index (χ0n) is 26.9. The van der Waals surface area contributed by atoms with Crippen molar-refractivity contribution < 1.29 is 44.3 Å². The summed E-state index contributed by atoms with van der Waals surface area (Å²) in [6.45, 7) is 4.22. The summed E-state index contributed by atoms with van der Waals surface area (Å²) < 4.78 is 130. The summed E-state index contributed by atoms with van der Waals surface area (Å²) in [5.74, 6) is -0.148. The van der Waals surface area contributed by atoms with Crippen LogP contribution in [0.3, 0.4) is 0 Å². The fraction of sp³-hybridized carbons (Fsp3) is 0.562. The highest BCUT2D eigenvalue weighted by Gasteiger charge is 2.72. The molecule has 1 aliphatic carbocycles. The number of hydrogen-bond donors (Lipinski definition) is 0. The number of benzene rings is 2. The van der Waals surface area contributed by atoms with Crippen molar-refractivity contribution >= 4 is 5.95 Å². The number of aromatic nitrogens is 4. The third kappa shape index (κ3) is 6.87. The van der Waals surface area contributed by atoms with Gasteiger partial charge in [-0.1, -0.05) is 18.1 Å². The van der Waals surface area contributed by atoms with Gasteiger partial charge >= 0.3 is 18.5 Å². The number of hydrogen-bond acceptors (Lipinski definition) is 8. The van der Waals surface area contributed by atoms with Gasteiger partial charge in [0.2, 0.25) is 0 Å². The Morgan fingerprint density at radius 2 is 1.50 bits per heavy atom. The molecule has 6 rings (SSSR count). The zero-order chi connectivity index (χ0) is 36.2. The SMILES string of the molecule is CCC(c1ccc(C(F)(F)F)cc1CN(Cc1cc(C(F)(F)F)cc(C(F)(F)F)c1)c1nnn(C)n1)N1C[C@@H]2[C@H](C1)[C@@]2(C#N)N1CCOCC1. The summed E-state index contributed by atoms with van der Waals surface area (Å²) >= 11 is 0. The number of rotatable bonds is 9. The number of morpholine rings is 1. The Morgan fingerprint density at radius 1 is 0.900 bits per heavy atom. The second-order valence-corrected chi connectivity index (χ2v) is 12.9. The minimum absolute atomic E-state index is 0.00578. The van der Waals surface area contributed by atoms with Crippen LogP contribution in [-0.2, 0) is 43.4 Å². The molecule has 0 amide bonds. The molecular formula is C32H33F9N8O. The van der Waals surface area contributed by atoms with Crippen LogP contribution in [0.4, 0.5) is 45.5 Å².